The molecule has 0 aliphatic rings. The molecular formula is C8H6N2O. The highest BCUT2D eigenvalue weighted by Crippen LogP contribution is 2.13. The highest BCUT2D eigenvalue weighted by atomic mass is 16.5. The highest BCUT2D eigenvalue weighted by molar-refractivity contribution is 5.49. The lowest BCUT2D eigenvalue weighted by Gasteiger charge is -1.89. The monoisotopic (exact) mass is 146 g/mol. The lowest BCUT2D eigenvalue weighted by molar-refractivity contribution is 0.431. The SMILES string of the molecule is c1ccc(-c2ccno2)nc1. The summed E-state index contributed by atoms with van der Waals surface area (Å²) in [4.78, 5) is 4.09. The quantitative estimate of drug-likeness (QED) is 0.615. The van der Waals surface area contributed by atoms with E-state index in [1.54, 1.807) is 18.5 Å². The third-order valence-electron chi connectivity index (χ3n) is 1.36. The summed E-state index contributed by atoms with van der Waals surface area (Å²) < 4.78 is 4.91. The third kappa shape index (κ3) is 1.12. The molecular weight excluding hydrogens is 140 g/mol. The van der Waals surface area contributed by atoms with Crippen LogP contribution in [-0.2, 0) is 0 Å². The van der Waals surface area contributed by atoms with Gasteiger partial charge in [-0.2, -0.15) is 0 Å². The first kappa shape index (κ1) is 6.09. The average Bonchev–Trinajstić information content (AvgIpc) is 2.58. The predicted octanol–water partition coefficient (Wildman–Crippen LogP) is 1.74. The summed E-state index contributed by atoms with van der Waals surface area (Å²) in [6.07, 6.45) is 3.32. The molecule has 2 aromatic rings. The van der Waals surface area contributed by atoms with Crippen molar-refractivity contribution in [1.82, 2.24) is 10.1 Å². The lowest BCUT2D eigenvalue weighted by atomic mass is 10.3. The van der Waals surface area contributed by atoms with Crippen molar-refractivity contribution >= 4 is 0 Å². The van der Waals surface area contributed by atoms with Gasteiger partial charge in [0.1, 0.15) is 5.69 Å². The summed E-state index contributed by atoms with van der Waals surface area (Å²) in [5.74, 6) is 0.700. The Hall–Kier alpha value is -1.64. The molecule has 3 heteroatoms. The van der Waals surface area contributed by atoms with Crippen LogP contribution in [0.3, 0.4) is 0 Å². The van der Waals surface area contributed by atoms with Crippen LogP contribution < -0.4 is 0 Å². The summed E-state index contributed by atoms with van der Waals surface area (Å²) in [5.41, 5.74) is 0.810. The van der Waals surface area contributed by atoms with Gasteiger partial charge in [0.15, 0.2) is 5.76 Å². The van der Waals surface area contributed by atoms with Crippen molar-refractivity contribution in [1.29, 1.82) is 0 Å². The van der Waals surface area contributed by atoms with Gasteiger partial charge in [0.25, 0.3) is 0 Å². The molecule has 0 aliphatic carbocycles. The Kier molecular flexibility index (Phi) is 1.41. The summed E-state index contributed by atoms with van der Waals surface area (Å²) in [7, 11) is 0. The van der Waals surface area contributed by atoms with E-state index < -0.39 is 0 Å². The van der Waals surface area contributed by atoms with Gasteiger partial charge >= 0.3 is 0 Å². The van der Waals surface area contributed by atoms with Crippen molar-refractivity contribution in [3.05, 3.63) is 36.7 Å². The van der Waals surface area contributed by atoms with Crippen LogP contribution in [0.25, 0.3) is 11.5 Å². The molecule has 0 N–H and O–H groups in total. The van der Waals surface area contributed by atoms with Gasteiger partial charge in [-0.1, -0.05) is 11.2 Å². The molecule has 0 amide bonds. The zero-order chi connectivity index (χ0) is 7.52. The van der Waals surface area contributed by atoms with E-state index in [-0.39, 0.29) is 0 Å². The maximum Gasteiger partial charge on any atom is 0.185 e. The van der Waals surface area contributed by atoms with Crippen LogP contribution >= 0.6 is 0 Å². The van der Waals surface area contributed by atoms with Gasteiger partial charge in [-0.15, -0.1) is 0 Å². The Labute approximate surface area is 63.7 Å². The molecule has 0 aromatic carbocycles. The van der Waals surface area contributed by atoms with E-state index >= 15 is 0 Å². The molecule has 54 valence electrons. The van der Waals surface area contributed by atoms with Crippen LogP contribution in [0.2, 0.25) is 0 Å². The Morgan fingerprint density at radius 1 is 1.09 bits per heavy atom. The summed E-state index contributed by atoms with van der Waals surface area (Å²) in [5, 5.41) is 3.58. The predicted molar refractivity (Wildman–Crippen MR) is 39.7 cm³/mol. The van der Waals surface area contributed by atoms with Gasteiger partial charge in [-0.05, 0) is 12.1 Å². The maximum absolute atomic E-state index is 4.91. The summed E-state index contributed by atoms with van der Waals surface area (Å²) in [6, 6.07) is 7.42. The number of rotatable bonds is 1. The fourth-order valence-electron chi connectivity index (χ4n) is 0.856. The van der Waals surface area contributed by atoms with Gasteiger partial charge < -0.3 is 4.52 Å². The molecule has 0 aliphatic heterocycles. The van der Waals surface area contributed by atoms with Crippen LogP contribution in [0.5, 0.6) is 0 Å². The van der Waals surface area contributed by atoms with Gasteiger partial charge in [0.2, 0.25) is 0 Å². The van der Waals surface area contributed by atoms with Gasteiger partial charge in [0, 0.05) is 12.3 Å². The van der Waals surface area contributed by atoms with Crippen LogP contribution in [0, 0.1) is 0 Å². The number of nitrogens with zero attached hydrogens (tertiary/aromatic N) is 2. The fourth-order valence-corrected chi connectivity index (χ4v) is 0.856. The van der Waals surface area contributed by atoms with Crippen molar-refractivity contribution in [2.75, 3.05) is 0 Å². The first-order chi connectivity index (χ1) is 5.47. The average molecular weight is 146 g/mol. The standard InChI is InChI=1S/C8H6N2O/c1-2-5-9-7(3-1)8-4-6-10-11-8/h1-6H. The van der Waals surface area contributed by atoms with Crippen LogP contribution in [0.4, 0.5) is 0 Å². The largest absolute Gasteiger partial charge is 0.355 e. The Balaban J connectivity index is 2.46. The molecule has 3 nitrogen and oxygen atoms in total. The number of hydrogen-bond acceptors (Lipinski definition) is 3. The Morgan fingerprint density at radius 3 is 2.73 bits per heavy atom. The second kappa shape index (κ2) is 2.54. The van der Waals surface area contributed by atoms with E-state index in [9.17, 15) is 0 Å². The molecule has 11 heavy (non-hydrogen) atoms. The first-order valence-electron chi connectivity index (χ1n) is 3.29. The first-order valence-corrected chi connectivity index (χ1v) is 3.29. The van der Waals surface area contributed by atoms with Crippen molar-refractivity contribution in [3.8, 4) is 11.5 Å². The molecule has 0 atom stereocenters. The number of aromatic nitrogens is 2. The molecule has 2 heterocycles. The van der Waals surface area contributed by atoms with Crippen LogP contribution in [0.1, 0.15) is 0 Å². The van der Waals surface area contributed by atoms with E-state index in [2.05, 4.69) is 10.1 Å². The summed E-state index contributed by atoms with van der Waals surface area (Å²) in [6.45, 7) is 0. The minimum Gasteiger partial charge on any atom is -0.355 e. The van der Waals surface area contributed by atoms with Crippen LogP contribution in [0.15, 0.2) is 41.2 Å². The summed E-state index contributed by atoms with van der Waals surface area (Å²) >= 11 is 0. The molecule has 2 rings (SSSR count). The van der Waals surface area contributed by atoms with Gasteiger partial charge in [0.05, 0.1) is 6.20 Å². The van der Waals surface area contributed by atoms with E-state index in [0.717, 1.165) is 5.69 Å². The molecule has 0 radical (unpaired) electrons. The molecule has 0 saturated carbocycles. The molecule has 0 saturated heterocycles. The molecule has 0 spiro atoms. The molecule has 0 unspecified atom stereocenters. The molecule has 0 bridgehead atoms. The van der Waals surface area contributed by atoms with E-state index in [4.69, 9.17) is 4.52 Å². The smallest absolute Gasteiger partial charge is 0.185 e. The fraction of sp³-hybridized carbons (Fsp3) is 0. The minimum absolute atomic E-state index is 0.700. The third-order valence-corrected chi connectivity index (χ3v) is 1.36. The van der Waals surface area contributed by atoms with Gasteiger partial charge in [-0.25, -0.2) is 0 Å². The van der Waals surface area contributed by atoms with E-state index in [0.29, 0.717) is 5.76 Å². The van der Waals surface area contributed by atoms with Crippen molar-refractivity contribution in [3.63, 3.8) is 0 Å². The van der Waals surface area contributed by atoms with Gasteiger partial charge in [-0.3, -0.25) is 4.98 Å². The maximum atomic E-state index is 4.91. The second-order valence-corrected chi connectivity index (χ2v) is 2.09. The van der Waals surface area contributed by atoms with Crippen molar-refractivity contribution in [2.24, 2.45) is 0 Å². The Morgan fingerprint density at radius 2 is 2.09 bits per heavy atom. The van der Waals surface area contributed by atoms with E-state index in [1.165, 1.54) is 0 Å². The minimum atomic E-state index is 0.700. The zero-order valence-corrected chi connectivity index (χ0v) is 5.77. The second-order valence-electron chi connectivity index (χ2n) is 2.09. The molecule has 2 aromatic heterocycles. The van der Waals surface area contributed by atoms with Crippen molar-refractivity contribution < 1.29 is 4.52 Å². The van der Waals surface area contributed by atoms with Crippen LogP contribution in [-0.4, -0.2) is 10.1 Å². The highest BCUT2D eigenvalue weighted by Gasteiger charge is 1.99. The normalized spacial score (nSPS) is 9.82. The number of hydrogen-bond donors (Lipinski definition) is 0. The number of pyridine rings is 1. The topological polar surface area (TPSA) is 38.9 Å². The lowest BCUT2D eigenvalue weighted by Crippen LogP contribution is -1.76. The molecule has 0 fully saturated rings. The Bertz CT molecular complexity index is 315. The van der Waals surface area contributed by atoms with Crippen molar-refractivity contribution in [2.45, 2.75) is 0 Å². The zero-order valence-electron chi connectivity index (χ0n) is 5.77. The van der Waals surface area contributed by atoms with E-state index in [1.807, 2.05) is 18.2 Å².